The van der Waals surface area contributed by atoms with Crippen LogP contribution in [0.15, 0.2) is 12.1 Å². The summed E-state index contributed by atoms with van der Waals surface area (Å²) in [6.45, 7) is 1.10. The van der Waals surface area contributed by atoms with Crippen LogP contribution in [0.2, 0.25) is 0 Å². The van der Waals surface area contributed by atoms with Gasteiger partial charge in [0.2, 0.25) is 0 Å². The Morgan fingerprint density at radius 3 is 2.71 bits per heavy atom. The summed E-state index contributed by atoms with van der Waals surface area (Å²) in [6, 6.07) is 4.49. The van der Waals surface area contributed by atoms with Gasteiger partial charge in [0.25, 0.3) is 0 Å². The molecule has 1 aromatic rings. The molecule has 1 N–H and O–H groups in total. The number of hydrogen-bond donors (Lipinski definition) is 1. The predicted molar refractivity (Wildman–Crippen MR) is 56.3 cm³/mol. The summed E-state index contributed by atoms with van der Waals surface area (Å²) in [6.07, 6.45) is 2.41. The van der Waals surface area contributed by atoms with Gasteiger partial charge < -0.3 is 10.2 Å². The van der Waals surface area contributed by atoms with E-state index in [1.807, 2.05) is 25.1 Å². The zero-order valence-corrected chi connectivity index (χ0v) is 8.70. The minimum Gasteiger partial charge on any atom is -0.361 e. The van der Waals surface area contributed by atoms with Crippen molar-refractivity contribution in [3.05, 3.63) is 17.8 Å². The van der Waals surface area contributed by atoms with Crippen LogP contribution in [-0.4, -0.2) is 30.8 Å². The summed E-state index contributed by atoms with van der Waals surface area (Å²) in [5, 5.41) is 11.8. The zero-order chi connectivity index (χ0) is 9.97. The van der Waals surface area contributed by atoms with Crippen molar-refractivity contribution in [2.75, 3.05) is 25.5 Å². The average molecular weight is 192 g/mol. The van der Waals surface area contributed by atoms with Gasteiger partial charge in [0, 0.05) is 14.1 Å². The first kappa shape index (κ1) is 9.40. The number of rotatable bonds is 2. The van der Waals surface area contributed by atoms with E-state index in [4.69, 9.17) is 0 Å². The Bertz CT molecular complexity index is 287. The molecule has 1 aliphatic heterocycles. The lowest BCUT2D eigenvalue weighted by atomic mass is 10.1. The van der Waals surface area contributed by atoms with Gasteiger partial charge >= 0.3 is 0 Å². The molecule has 1 saturated heterocycles. The van der Waals surface area contributed by atoms with Gasteiger partial charge in [-0.1, -0.05) is 0 Å². The molecule has 0 saturated carbocycles. The van der Waals surface area contributed by atoms with Gasteiger partial charge in [0.15, 0.2) is 5.82 Å². The van der Waals surface area contributed by atoms with Gasteiger partial charge in [-0.3, -0.25) is 0 Å². The molecular formula is C10H16N4. The van der Waals surface area contributed by atoms with Gasteiger partial charge in [-0.25, -0.2) is 0 Å². The number of anilines is 1. The highest BCUT2D eigenvalue weighted by Crippen LogP contribution is 2.21. The van der Waals surface area contributed by atoms with Crippen molar-refractivity contribution in [2.24, 2.45) is 0 Å². The van der Waals surface area contributed by atoms with Crippen LogP contribution in [0.5, 0.6) is 0 Å². The lowest BCUT2D eigenvalue weighted by molar-refractivity contribution is 0.616. The lowest BCUT2D eigenvalue weighted by Crippen LogP contribution is -2.16. The average Bonchev–Trinajstić information content (AvgIpc) is 2.71. The molecule has 2 heterocycles. The molecule has 0 spiro atoms. The van der Waals surface area contributed by atoms with E-state index in [-0.39, 0.29) is 0 Å². The molecular weight excluding hydrogens is 176 g/mol. The normalized spacial score (nSPS) is 21.1. The van der Waals surface area contributed by atoms with E-state index < -0.39 is 0 Å². The molecule has 0 amide bonds. The molecule has 14 heavy (non-hydrogen) atoms. The molecule has 0 bridgehead atoms. The quantitative estimate of drug-likeness (QED) is 0.758. The first-order valence-electron chi connectivity index (χ1n) is 5.02. The van der Waals surface area contributed by atoms with E-state index in [9.17, 15) is 0 Å². The molecule has 76 valence electrons. The first-order valence-corrected chi connectivity index (χ1v) is 5.02. The van der Waals surface area contributed by atoms with E-state index in [2.05, 4.69) is 21.6 Å². The maximum Gasteiger partial charge on any atom is 0.150 e. The van der Waals surface area contributed by atoms with Crippen LogP contribution in [0.4, 0.5) is 5.82 Å². The molecule has 0 radical (unpaired) electrons. The first-order chi connectivity index (χ1) is 6.77. The highest BCUT2D eigenvalue weighted by Gasteiger charge is 2.17. The van der Waals surface area contributed by atoms with Gasteiger partial charge in [-0.15, -0.1) is 5.10 Å². The van der Waals surface area contributed by atoms with Gasteiger partial charge in [0.05, 0.1) is 11.7 Å². The van der Waals surface area contributed by atoms with Gasteiger partial charge in [-0.05, 0) is 31.5 Å². The lowest BCUT2D eigenvalue weighted by Gasteiger charge is -2.12. The number of nitrogens with one attached hydrogen (secondary N) is 1. The van der Waals surface area contributed by atoms with Crippen molar-refractivity contribution in [2.45, 2.75) is 18.9 Å². The maximum absolute atomic E-state index is 4.23. The molecule has 0 aromatic carbocycles. The molecule has 1 fully saturated rings. The van der Waals surface area contributed by atoms with E-state index in [1.54, 1.807) is 0 Å². The van der Waals surface area contributed by atoms with Crippen molar-refractivity contribution >= 4 is 5.82 Å². The Balaban J connectivity index is 2.12. The SMILES string of the molecule is CN(C)c1ccc([C@H]2CCCN2)nn1. The van der Waals surface area contributed by atoms with Crippen molar-refractivity contribution in [3.8, 4) is 0 Å². The fourth-order valence-electron chi connectivity index (χ4n) is 1.70. The summed E-state index contributed by atoms with van der Waals surface area (Å²) in [4.78, 5) is 1.96. The number of nitrogens with zero attached hydrogens (tertiary/aromatic N) is 3. The summed E-state index contributed by atoms with van der Waals surface area (Å²) in [5.41, 5.74) is 1.06. The van der Waals surface area contributed by atoms with E-state index in [0.717, 1.165) is 18.1 Å². The van der Waals surface area contributed by atoms with Crippen LogP contribution in [0.1, 0.15) is 24.6 Å². The summed E-state index contributed by atoms with van der Waals surface area (Å²) < 4.78 is 0. The predicted octanol–water partition coefficient (Wildman–Crippen LogP) is 0.967. The van der Waals surface area contributed by atoms with Crippen molar-refractivity contribution < 1.29 is 0 Å². The van der Waals surface area contributed by atoms with E-state index in [1.165, 1.54) is 12.8 Å². The molecule has 4 nitrogen and oxygen atoms in total. The molecule has 0 unspecified atom stereocenters. The van der Waals surface area contributed by atoms with Crippen LogP contribution in [0.3, 0.4) is 0 Å². The molecule has 4 heteroatoms. The minimum atomic E-state index is 0.415. The maximum atomic E-state index is 4.23. The van der Waals surface area contributed by atoms with Crippen LogP contribution in [0, 0.1) is 0 Å². The number of aromatic nitrogens is 2. The highest BCUT2D eigenvalue weighted by atomic mass is 15.2. The second-order valence-electron chi connectivity index (χ2n) is 3.86. The monoisotopic (exact) mass is 192 g/mol. The summed E-state index contributed by atoms with van der Waals surface area (Å²) in [5.74, 6) is 0.909. The second-order valence-corrected chi connectivity index (χ2v) is 3.86. The van der Waals surface area contributed by atoms with Crippen LogP contribution in [-0.2, 0) is 0 Å². The van der Waals surface area contributed by atoms with Gasteiger partial charge in [-0.2, -0.15) is 5.10 Å². The zero-order valence-electron chi connectivity index (χ0n) is 8.70. The molecule has 1 aromatic heterocycles. The Hall–Kier alpha value is -1.16. The molecule has 0 aliphatic carbocycles. The summed E-state index contributed by atoms with van der Waals surface area (Å²) >= 11 is 0. The molecule has 1 aliphatic rings. The van der Waals surface area contributed by atoms with E-state index >= 15 is 0 Å². The molecule has 1 atom stereocenters. The van der Waals surface area contributed by atoms with Crippen LogP contribution >= 0.6 is 0 Å². The molecule has 2 rings (SSSR count). The fraction of sp³-hybridized carbons (Fsp3) is 0.600. The fourth-order valence-corrected chi connectivity index (χ4v) is 1.70. The second kappa shape index (κ2) is 3.92. The Morgan fingerprint density at radius 1 is 1.36 bits per heavy atom. The Morgan fingerprint density at radius 2 is 2.21 bits per heavy atom. The van der Waals surface area contributed by atoms with Crippen molar-refractivity contribution in [3.63, 3.8) is 0 Å². The smallest absolute Gasteiger partial charge is 0.150 e. The van der Waals surface area contributed by atoms with Crippen molar-refractivity contribution in [1.82, 2.24) is 15.5 Å². The Labute approximate surface area is 84.3 Å². The topological polar surface area (TPSA) is 41.0 Å². The Kier molecular flexibility index (Phi) is 2.63. The number of hydrogen-bond acceptors (Lipinski definition) is 4. The van der Waals surface area contributed by atoms with Crippen molar-refractivity contribution in [1.29, 1.82) is 0 Å². The third-order valence-electron chi connectivity index (χ3n) is 2.55. The summed E-state index contributed by atoms with van der Waals surface area (Å²) in [7, 11) is 3.94. The minimum absolute atomic E-state index is 0.415. The third kappa shape index (κ3) is 1.85. The third-order valence-corrected chi connectivity index (χ3v) is 2.55. The van der Waals surface area contributed by atoms with E-state index in [0.29, 0.717) is 6.04 Å². The van der Waals surface area contributed by atoms with Crippen LogP contribution in [0.25, 0.3) is 0 Å². The van der Waals surface area contributed by atoms with Gasteiger partial charge in [0.1, 0.15) is 0 Å². The highest BCUT2D eigenvalue weighted by molar-refractivity contribution is 5.35. The largest absolute Gasteiger partial charge is 0.361 e. The van der Waals surface area contributed by atoms with Crippen LogP contribution < -0.4 is 10.2 Å². The standard InChI is InChI=1S/C10H16N4/c1-14(2)10-6-5-9(12-13-10)8-4-3-7-11-8/h5-6,8,11H,3-4,7H2,1-2H3/t8-/m1/s1.